The summed E-state index contributed by atoms with van der Waals surface area (Å²) in [6, 6.07) is 11.6. The van der Waals surface area contributed by atoms with Gasteiger partial charge in [0, 0.05) is 22.7 Å². The molecule has 0 saturated heterocycles. The van der Waals surface area contributed by atoms with Crippen molar-refractivity contribution in [1.82, 2.24) is 9.97 Å². The van der Waals surface area contributed by atoms with E-state index in [2.05, 4.69) is 20.5 Å². The number of anilines is 1. The van der Waals surface area contributed by atoms with E-state index in [0.717, 1.165) is 10.9 Å². The van der Waals surface area contributed by atoms with Gasteiger partial charge in [-0.1, -0.05) is 18.2 Å². The zero-order valence-electron chi connectivity index (χ0n) is 13.0. The lowest BCUT2D eigenvalue weighted by Crippen LogP contribution is -2.00. The average Bonchev–Trinajstić information content (AvgIpc) is 2.58. The molecule has 6 nitrogen and oxygen atoms in total. The number of hydrazone groups is 1. The fourth-order valence-corrected chi connectivity index (χ4v) is 2.21. The second kappa shape index (κ2) is 7.72. The number of nitrogens with zero attached hydrogens (tertiary/aromatic N) is 3. The molecular weight excluding hydrogens is 328 g/mol. The Morgan fingerprint density at radius 1 is 1.21 bits per heavy atom. The van der Waals surface area contributed by atoms with Crippen molar-refractivity contribution in [1.29, 1.82) is 0 Å². The van der Waals surface area contributed by atoms with Gasteiger partial charge in [0.05, 0.1) is 24.0 Å². The van der Waals surface area contributed by atoms with Crippen molar-refractivity contribution in [2.24, 2.45) is 5.10 Å². The molecule has 0 aliphatic rings. The van der Waals surface area contributed by atoms with Crippen LogP contribution in [-0.2, 0) is 6.61 Å². The third-order valence-corrected chi connectivity index (χ3v) is 3.50. The normalized spacial score (nSPS) is 10.8. The van der Waals surface area contributed by atoms with Crippen LogP contribution in [-0.4, -0.2) is 26.4 Å². The highest BCUT2D eigenvalue weighted by Crippen LogP contribution is 2.22. The number of aliphatic hydroxyl groups is 1. The second-order valence-electron chi connectivity index (χ2n) is 5.05. The van der Waals surface area contributed by atoms with Gasteiger partial charge in [0.15, 0.2) is 0 Å². The van der Waals surface area contributed by atoms with Crippen molar-refractivity contribution in [2.75, 3.05) is 5.43 Å². The molecule has 3 aromatic rings. The van der Waals surface area contributed by atoms with Crippen molar-refractivity contribution >= 4 is 35.3 Å². The smallest absolute Gasteiger partial charge is 0.146 e. The van der Waals surface area contributed by atoms with Crippen LogP contribution >= 0.6 is 12.4 Å². The van der Waals surface area contributed by atoms with E-state index in [9.17, 15) is 10.2 Å². The van der Waals surface area contributed by atoms with E-state index in [1.165, 1.54) is 12.4 Å². The number of pyridine rings is 2. The summed E-state index contributed by atoms with van der Waals surface area (Å²) < 4.78 is 0. The molecule has 0 unspecified atom stereocenters. The van der Waals surface area contributed by atoms with Crippen molar-refractivity contribution in [2.45, 2.75) is 13.5 Å². The Morgan fingerprint density at radius 3 is 2.79 bits per heavy atom. The first-order valence-electron chi connectivity index (χ1n) is 7.12. The maximum Gasteiger partial charge on any atom is 0.146 e. The molecule has 0 bridgehead atoms. The molecule has 0 fully saturated rings. The average molecular weight is 345 g/mol. The van der Waals surface area contributed by atoms with Crippen LogP contribution in [0.2, 0.25) is 0 Å². The summed E-state index contributed by atoms with van der Waals surface area (Å²) in [5.41, 5.74) is 5.12. The number of halogens is 1. The van der Waals surface area contributed by atoms with Gasteiger partial charge in [-0.25, -0.2) is 4.98 Å². The lowest BCUT2D eigenvalue weighted by molar-refractivity contribution is 0.280. The van der Waals surface area contributed by atoms with Crippen LogP contribution in [0, 0.1) is 6.92 Å². The van der Waals surface area contributed by atoms with E-state index < -0.39 is 0 Å². The van der Waals surface area contributed by atoms with E-state index in [-0.39, 0.29) is 24.8 Å². The van der Waals surface area contributed by atoms with Crippen molar-refractivity contribution in [3.8, 4) is 5.75 Å². The Kier molecular flexibility index (Phi) is 5.68. The van der Waals surface area contributed by atoms with E-state index in [4.69, 9.17) is 0 Å². The summed E-state index contributed by atoms with van der Waals surface area (Å²) in [6.45, 7) is 1.46. The number of nitrogens with one attached hydrogen (secondary N) is 1. The van der Waals surface area contributed by atoms with Crippen LogP contribution in [0.15, 0.2) is 47.7 Å². The highest BCUT2D eigenvalue weighted by atomic mass is 35.5. The predicted molar refractivity (Wildman–Crippen MR) is 96.8 cm³/mol. The summed E-state index contributed by atoms with van der Waals surface area (Å²) in [6.07, 6.45) is 2.97. The predicted octanol–water partition coefficient (Wildman–Crippen LogP) is 3.00. The number of aromatic nitrogens is 2. The molecule has 124 valence electrons. The van der Waals surface area contributed by atoms with Gasteiger partial charge in [0.25, 0.3) is 0 Å². The monoisotopic (exact) mass is 344 g/mol. The number of aryl methyl sites for hydroxylation is 1. The van der Waals surface area contributed by atoms with E-state index in [1.807, 2.05) is 36.4 Å². The number of aliphatic hydroxyl groups excluding tert-OH is 1. The first-order valence-corrected chi connectivity index (χ1v) is 7.12. The SMILES string of the molecule is Cc1ncc(CO)c(C=NNc2ccc3ccccc3n2)c1O.Cl. The van der Waals surface area contributed by atoms with Crippen LogP contribution < -0.4 is 5.43 Å². The van der Waals surface area contributed by atoms with Gasteiger partial charge in [-0.3, -0.25) is 10.4 Å². The van der Waals surface area contributed by atoms with Gasteiger partial charge >= 0.3 is 0 Å². The van der Waals surface area contributed by atoms with Gasteiger partial charge in [0.2, 0.25) is 0 Å². The molecular formula is C17H17ClN4O2. The van der Waals surface area contributed by atoms with Crippen LogP contribution in [0.4, 0.5) is 5.82 Å². The van der Waals surface area contributed by atoms with E-state index >= 15 is 0 Å². The lowest BCUT2D eigenvalue weighted by atomic mass is 10.1. The molecule has 2 heterocycles. The Bertz CT molecular complexity index is 884. The maximum atomic E-state index is 10.0. The molecule has 0 spiro atoms. The Morgan fingerprint density at radius 2 is 2.00 bits per heavy atom. The third-order valence-electron chi connectivity index (χ3n) is 3.50. The van der Waals surface area contributed by atoms with Gasteiger partial charge in [-0.2, -0.15) is 5.10 Å². The Balaban J connectivity index is 0.00000208. The molecule has 0 amide bonds. The molecule has 24 heavy (non-hydrogen) atoms. The van der Waals surface area contributed by atoms with Gasteiger partial charge in [0.1, 0.15) is 11.6 Å². The van der Waals surface area contributed by atoms with Crippen LogP contribution in [0.5, 0.6) is 5.75 Å². The fourth-order valence-electron chi connectivity index (χ4n) is 2.21. The summed E-state index contributed by atoms with van der Waals surface area (Å²) in [7, 11) is 0. The highest BCUT2D eigenvalue weighted by molar-refractivity contribution is 5.86. The first kappa shape index (κ1) is 17.7. The standard InChI is InChI=1S/C17H16N4O2.ClH/c1-11-17(23)14(13(10-22)8-18-11)9-19-21-16-7-6-12-4-2-3-5-15(12)20-16;/h2-9,22-23H,10H2,1H3,(H,20,21);1H. The number of hydrogen-bond donors (Lipinski definition) is 3. The topological polar surface area (TPSA) is 90.6 Å². The molecule has 3 rings (SSSR count). The summed E-state index contributed by atoms with van der Waals surface area (Å²) in [5, 5.41) is 24.5. The molecule has 0 saturated carbocycles. The molecule has 0 aliphatic heterocycles. The van der Waals surface area contributed by atoms with Crippen molar-refractivity contribution < 1.29 is 10.2 Å². The maximum absolute atomic E-state index is 10.0. The second-order valence-corrected chi connectivity index (χ2v) is 5.05. The molecule has 0 aliphatic carbocycles. The Labute approximate surface area is 145 Å². The zero-order chi connectivity index (χ0) is 16.2. The fraction of sp³-hybridized carbons (Fsp3) is 0.118. The molecule has 2 aromatic heterocycles. The van der Waals surface area contributed by atoms with E-state index in [1.54, 1.807) is 6.92 Å². The Hall–Kier alpha value is -2.70. The largest absolute Gasteiger partial charge is 0.505 e. The van der Waals surface area contributed by atoms with Crippen molar-refractivity contribution in [3.05, 3.63) is 59.4 Å². The van der Waals surface area contributed by atoms with Crippen LogP contribution in [0.25, 0.3) is 10.9 Å². The molecule has 1 aromatic carbocycles. The number of benzene rings is 1. The molecule has 0 radical (unpaired) electrons. The number of rotatable bonds is 4. The quantitative estimate of drug-likeness (QED) is 0.500. The van der Waals surface area contributed by atoms with Crippen LogP contribution in [0.1, 0.15) is 16.8 Å². The molecule has 7 heteroatoms. The number of fused-ring (bicyclic) bond motifs is 1. The zero-order valence-corrected chi connectivity index (χ0v) is 13.8. The van der Waals surface area contributed by atoms with Gasteiger partial charge < -0.3 is 10.2 Å². The van der Waals surface area contributed by atoms with E-state index in [0.29, 0.717) is 22.6 Å². The van der Waals surface area contributed by atoms with Crippen LogP contribution in [0.3, 0.4) is 0 Å². The first-order chi connectivity index (χ1) is 11.2. The minimum absolute atomic E-state index is 0. The summed E-state index contributed by atoms with van der Waals surface area (Å²) >= 11 is 0. The van der Waals surface area contributed by atoms with Crippen molar-refractivity contribution in [3.63, 3.8) is 0 Å². The third kappa shape index (κ3) is 3.61. The molecule has 3 N–H and O–H groups in total. The lowest BCUT2D eigenvalue weighted by Gasteiger charge is -2.07. The highest BCUT2D eigenvalue weighted by Gasteiger charge is 2.09. The van der Waals surface area contributed by atoms with Gasteiger partial charge in [-0.05, 0) is 25.1 Å². The summed E-state index contributed by atoms with van der Waals surface area (Å²) in [4.78, 5) is 8.45. The molecule has 0 atom stereocenters. The minimum Gasteiger partial charge on any atom is -0.505 e. The van der Waals surface area contributed by atoms with Gasteiger partial charge in [-0.15, -0.1) is 12.4 Å². The number of aromatic hydroxyl groups is 1. The number of hydrogen-bond acceptors (Lipinski definition) is 6. The minimum atomic E-state index is -0.226. The number of para-hydroxylation sites is 1. The summed E-state index contributed by atoms with van der Waals surface area (Å²) in [5.74, 6) is 0.601.